The molecule has 1 unspecified atom stereocenters. The molecule has 106 valence electrons. The molecule has 0 spiro atoms. The van der Waals surface area contributed by atoms with Crippen LogP contribution < -0.4 is 11.3 Å². The summed E-state index contributed by atoms with van der Waals surface area (Å²) in [6.45, 7) is 0. The maximum absolute atomic E-state index is 14.1. The van der Waals surface area contributed by atoms with Crippen molar-refractivity contribution in [1.82, 2.24) is 5.43 Å². The largest absolute Gasteiger partial charge is 0.271 e. The summed E-state index contributed by atoms with van der Waals surface area (Å²) in [6, 6.07) is 5.47. The summed E-state index contributed by atoms with van der Waals surface area (Å²) >= 11 is 6.02. The highest BCUT2D eigenvalue weighted by Gasteiger charge is 2.23. The third-order valence-corrected chi connectivity index (χ3v) is 4.03. The van der Waals surface area contributed by atoms with Crippen LogP contribution in [-0.2, 0) is 0 Å². The van der Waals surface area contributed by atoms with Crippen molar-refractivity contribution < 1.29 is 13.2 Å². The zero-order chi connectivity index (χ0) is 14.9. The van der Waals surface area contributed by atoms with Gasteiger partial charge in [-0.1, -0.05) is 6.07 Å². The predicted octanol–water partition coefficient (Wildman–Crippen LogP) is 4.18. The molecule has 2 nitrogen and oxygen atoms in total. The Kier molecular flexibility index (Phi) is 4.85. The van der Waals surface area contributed by atoms with Crippen molar-refractivity contribution in [1.29, 1.82) is 0 Å². The first-order chi connectivity index (χ1) is 9.45. The number of hydrogen-bond donors (Lipinski definition) is 2. The minimum Gasteiger partial charge on any atom is -0.271 e. The number of rotatable bonds is 3. The van der Waals surface area contributed by atoms with Gasteiger partial charge in [0.25, 0.3) is 0 Å². The third-order valence-electron chi connectivity index (χ3n) is 2.81. The molecule has 0 fully saturated rings. The minimum atomic E-state index is -0.940. The van der Waals surface area contributed by atoms with Crippen LogP contribution in [0.25, 0.3) is 0 Å². The molecule has 0 aliphatic carbocycles. The van der Waals surface area contributed by atoms with E-state index < -0.39 is 23.5 Å². The lowest BCUT2D eigenvalue weighted by molar-refractivity contribution is 0.507. The highest BCUT2D eigenvalue weighted by Crippen LogP contribution is 2.31. The van der Waals surface area contributed by atoms with Gasteiger partial charge in [-0.25, -0.2) is 18.6 Å². The summed E-state index contributed by atoms with van der Waals surface area (Å²) < 4.78 is 41.5. The number of halogens is 5. The molecule has 0 aliphatic rings. The SMILES string of the molecule is NNC(c1ccc(F)c(Br)c1)c1c(F)ccc(Br)c1F. The number of benzene rings is 2. The van der Waals surface area contributed by atoms with Crippen molar-refractivity contribution in [2.75, 3.05) is 0 Å². The Morgan fingerprint density at radius 2 is 1.60 bits per heavy atom. The zero-order valence-electron chi connectivity index (χ0n) is 9.93. The lowest BCUT2D eigenvalue weighted by atomic mass is 9.98. The summed E-state index contributed by atoms with van der Waals surface area (Å²) in [6.07, 6.45) is 0. The van der Waals surface area contributed by atoms with Gasteiger partial charge in [0, 0.05) is 5.56 Å². The molecule has 2 aromatic rings. The van der Waals surface area contributed by atoms with Crippen molar-refractivity contribution in [2.45, 2.75) is 6.04 Å². The van der Waals surface area contributed by atoms with Crippen LogP contribution in [-0.4, -0.2) is 0 Å². The van der Waals surface area contributed by atoms with Gasteiger partial charge >= 0.3 is 0 Å². The van der Waals surface area contributed by atoms with Crippen LogP contribution in [0.15, 0.2) is 39.3 Å². The summed E-state index contributed by atoms with van der Waals surface area (Å²) in [7, 11) is 0. The van der Waals surface area contributed by atoms with E-state index in [4.69, 9.17) is 5.84 Å². The van der Waals surface area contributed by atoms with Crippen molar-refractivity contribution in [3.05, 3.63) is 67.9 Å². The molecule has 0 radical (unpaired) electrons. The zero-order valence-corrected chi connectivity index (χ0v) is 13.1. The number of hydrazine groups is 1. The maximum Gasteiger partial charge on any atom is 0.145 e. The Labute approximate surface area is 130 Å². The maximum atomic E-state index is 14.1. The van der Waals surface area contributed by atoms with Crippen molar-refractivity contribution in [3.8, 4) is 0 Å². The van der Waals surface area contributed by atoms with Crippen LogP contribution in [0.5, 0.6) is 0 Å². The molecule has 1 atom stereocenters. The first-order valence-corrected chi connectivity index (χ1v) is 7.08. The first kappa shape index (κ1) is 15.5. The van der Waals surface area contributed by atoms with Gasteiger partial charge in [-0.2, -0.15) is 0 Å². The fraction of sp³-hybridized carbons (Fsp3) is 0.0769. The number of nitrogens with two attached hydrogens (primary N) is 1. The topological polar surface area (TPSA) is 38.0 Å². The molecule has 2 aromatic carbocycles. The molecule has 0 saturated carbocycles. The van der Waals surface area contributed by atoms with Crippen molar-refractivity contribution in [2.24, 2.45) is 5.84 Å². The molecule has 2 rings (SSSR count). The van der Waals surface area contributed by atoms with Crippen LogP contribution in [0.1, 0.15) is 17.2 Å². The average molecular weight is 410 g/mol. The van der Waals surface area contributed by atoms with E-state index in [9.17, 15) is 13.2 Å². The van der Waals surface area contributed by atoms with E-state index in [-0.39, 0.29) is 14.5 Å². The van der Waals surface area contributed by atoms with E-state index in [0.29, 0.717) is 5.56 Å². The van der Waals surface area contributed by atoms with E-state index in [1.54, 1.807) is 0 Å². The summed E-state index contributed by atoms with van der Waals surface area (Å²) in [5.74, 6) is 3.43. The Bertz CT molecular complexity index is 650. The highest BCUT2D eigenvalue weighted by molar-refractivity contribution is 9.10. The summed E-state index contributed by atoms with van der Waals surface area (Å²) in [5.41, 5.74) is 2.54. The molecule has 0 heterocycles. The number of hydrogen-bond acceptors (Lipinski definition) is 2. The first-order valence-electron chi connectivity index (χ1n) is 5.50. The lowest BCUT2D eigenvalue weighted by Gasteiger charge is -2.19. The standard InChI is InChI=1S/C13H9Br2F3N2/c14-7-2-4-10(17)11(12(7)18)13(20-19)6-1-3-9(16)8(15)5-6/h1-5,13,20H,19H2. The van der Waals surface area contributed by atoms with Crippen LogP contribution in [0.4, 0.5) is 13.2 Å². The van der Waals surface area contributed by atoms with Gasteiger partial charge in [-0.05, 0) is 61.7 Å². The Morgan fingerprint density at radius 3 is 2.20 bits per heavy atom. The lowest BCUT2D eigenvalue weighted by Crippen LogP contribution is -2.30. The fourth-order valence-corrected chi connectivity index (χ4v) is 2.59. The van der Waals surface area contributed by atoms with Gasteiger partial charge in [0.2, 0.25) is 0 Å². The van der Waals surface area contributed by atoms with E-state index in [2.05, 4.69) is 37.3 Å². The fourth-order valence-electron chi connectivity index (χ4n) is 1.85. The van der Waals surface area contributed by atoms with E-state index in [0.717, 1.165) is 6.07 Å². The smallest absolute Gasteiger partial charge is 0.145 e. The Balaban J connectivity index is 2.58. The van der Waals surface area contributed by atoms with Gasteiger partial charge in [0.05, 0.1) is 15.0 Å². The predicted molar refractivity (Wildman–Crippen MR) is 77.3 cm³/mol. The Hall–Kier alpha value is -0.890. The van der Waals surface area contributed by atoms with Gasteiger partial charge < -0.3 is 0 Å². The number of nitrogens with one attached hydrogen (secondary N) is 1. The Morgan fingerprint density at radius 1 is 0.950 bits per heavy atom. The van der Waals surface area contributed by atoms with Gasteiger partial charge in [0.15, 0.2) is 0 Å². The normalized spacial score (nSPS) is 12.5. The molecular weight excluding hydrogens is 401 g/mol. The van der Waals surface area contributed by atoms with Crippen LogP contribution >= 0.6 is 31.9 Å². The summed E-state index contributed by atoms with van der Waals surface area (Å²) in [5, 5.41) is 0. The monoisotopic (exact) mass is 408 g/mol. The summed E-state index contributed by atoms with van der Waals surface area (Å²) in [4.78, 5) is 0. The van der Waals surface area contributed by atoms with Gasteiger partial charge in [-0.3, -0.25) is 5.84 Å². The second kappa shape index (κ2) is 6.26. The molecular formula is C13H9Br2F3N2. The van der Waals surface area contributed by atoms with E-state index in [1.807, 2.05) is 0 Å². The molecule has 0 aliphatic heterocycles. The van der Waals surface area contributed by atoms with Crippen LogP contribution in [0.3, 0.4) is 0 Å². The quantitative estimate of drug-likeness (QED) is 0.453. The highest BCUT2D eigenvalue weighted by atomic mass is 79.9. The van der Waals surface area contributed by atoms with Crippen molar-refractivity contribution >= 4 is 31.9 Å². The third kappa shape index (κ3) is 2.90. The van der Waals surface area contributed by atoms with Gasteiger partial charge in [0.1, 0.15) is 17.5 Å². The second-order valence-corrected chi connectivity index (χ2v) is 5.74. The molecule has 0 saturated heterocycles. The van der Waals surface area contributed by atoms with Crippen LogP contribution in [0, 0.1) is 17.5 Å². The van der Waals surface area contributed by atoms with E-state index in [1.165, 1.54) is 24.3 Å². The molecule has 3 N–H and O–H groups in total. The molecule has 0 amide bonds. The second-order valence-electron chi connectivity index (χ2n) is 4.03. The van der Waals surface area contributed by atoms with Crippen LogP contribution in [0.2, 0.25) is 0 Å². The molecule has 0 bridgehead atoms. The average Bonchev–Trinajstić information content (AvgIpc) is 2.42. The van der Waals surface area contributed by atoms with Gasteiger partial charge in [-0.15, -0.1) is 0 Å². The minimum absolute atomic E-state index is 0.121. The molecule has 7 heteroatoms. The van der Waals surface area contributed by atoms with E-state index >= 15 is 0 Å². The molecule has 20 heavy (non-hydrogen) atoms. The molecule has 0 aromatic heterocycles. The van der Waals surface area contributed by atoms with Crippen molar-refractivity contribution in [3.63, 3.8) is 0 Å².